The van der Waals surface area contributed by atoms with Crippen molar-refractivity contribution in [3.63, 3.8) is 0 Å². The Bertz CT molecular complexity index is 480. The Balaban J connectivity index is 0.000000924. The fraction of sp³-hybridized carbons (Fsp3) is 0.611. The highest BCUT2D eigenvalue weighted by Gasteiger charge is 2.35. The fourth-order valence-electron chi connectivity index (χ4n) is 3.71. The zero-order valence-electron chi connectivity index (χ0n) is 13.8. The van der Waals surface area contributed by atoms with E-state index >= 15 is 0 Å². The van der Waals surface area contributed by atoms with Gasteiger partial charge in [0.1, 0.15) is 5.75 Å². The Labute approximate surface area is 152 Å². The summed E-state index contributed by atoms with van der Waals surface area (Å²) in [5.41, 5.74) is 5.73. The minimum absolute atomic E-state index is 0.402. The van der Waals surface area contributed by atoms with Crippen LogP contribution in [0.4, 0.5) is 0 Å². The third kappa shape index (κ3) is 5.35. The number of amides is 1. The molecule has 1 saturated carbocycles. The summed E-state index contributed by atoms with van der Waals surface area (Å²) in [6, 6.07) is 7.03. The van der Waals surface area contributed by atoms with Crippen molar-refractivity contribution in [2.45, 2.75) is 25.7 Å². The molecule has 0 bridgehead atoms. The smallest absolute Gasteiger partial charge is 0.248 e. The van der Waals surface area contributed by atoms with Crippen LogP contribution in [0.2, 0.25) is 0 Å². The van der Waals surface area contributed by atoms with E-state index in [2.05, 4.69) is 27.5 Å². The third-order valence-corrected chi connectivity index (χ3v) is 4.83. The number of hydrogen-bond donors (Lipinski definition) is 1. The summed E-state index contributed by atoms with van der Waals surface area (Å²) in [6.45, 7) is 4.43. The maximum absolute atomic E-state index is 11.0. The van der Waals surface area contributed by atoms with E-state index in [0.717, 1.165) is 37.2 Å². The van der Waals surface area contributed by atoms with Crippen molar-refractivity contribution in [3.8, 4) is 5.75 Å². The van der Waals surface area contributed by atoms with Crippen molar-refractivity contribution >= 4 is 28.5 Å². The van der Waals surface area contributed by atoms with E-state index < -0.39 is 5.91 Å². The molecular weight excluding hydrogens is 403 g/mol. The number of benzene rings is 1. The van der Waals surface area contributed by atoms with Crippen LogP contribution in [0, 0.1) is 11.8 Å². The van der Waals surface area contributed by atoms with E-state index in [-0.39, 0.29) is 0 Å². The van der Waals surface area contributed by atoms with Crippen LogP contribution in [0.5, 0.6) is 5.75 Å². The lowest BCUT2D eigenvalue weighted by Crippen LogP contribution is -2.24. The van der Waals surface area contributed by atoms with Crippen molar-refractivity contribution in [2.24, 2.45) is 17.6 Å². The average Bonchev–Trinajstić information content (AvgIpc) is 3.15. The number of carbonyl (C=O) groups is 1. The van der Waals surface area contributed by atoms with Crippen LogP contribution in [0.15, 0.2) is 24.3 Å². The van der Waals surface area contributed by atoms with Gasteiger partial charge in [0.25, 0.3) is 0 Å². The average molecular weight is 430 g/mol. The number of hydrogen-bond acceptors (Lipinski definition) is 3. The van der Waals surface area contributed by atoms with Crippen molar-refractivity contribution in [3.05, 3.63) is 29.8 Å². The van der Waals surface area contributed by atoms with Gasteiger partial charge >= 0.3 is 0 Å². The highest BCUT2D eigenvalue weighted by Crippen LogP contribution is 2.37. The van der Waals surface area contributed by atoms with Gasteiger partial charge in [0.2, 0.25) is 5.91 Å². The maximum atomic E-state index is 11.0. The molecule has 2 atom stereocenters. The quantitative estimate of drug-likeness (QED) is 0.428. The van der Waals surface area contributed by atoms with Gasteiger partial charge in [-0.15, -0.1) is 0 Å². The normalized spacial score (nSPS) is 23.0. The number of rotatable bonds is 6. The second kappa shape index (κ2) is 9.47. The summed E-state index contributed by atoms with van der Waals surface area (Å²) in [4.78, 5) is 15.5. The molecule has 1 aromatic carbocycles. The molecule has 23 heavy (non-hydrogen) atoms. The maximum Gasteiger partial charge on any atom is 0.248 e. The lowest BCUT2D eigenvalue weighted by molar-refractivity contribution is 0.100. The molecule has 1 amide bonds. The number of nitrogens with zero attached hydrogens (tertiary/aromatic N) is 1. The molecule has 1 saturated heterocycles. The first-order chi connectivity index (χ1) is 11.2. The van der Waals surface area contributed by atoms with Gasteiger partial charge in [0, 0.05) is 25.2 Å². The summed E-state index contributed by atoms with van der Waals surface area (Å²) in [6.07, 6.45) is 5.36. The third-order valence-electron chi connectivity index (χ3n) is 4.83. The Hall–Kier alpha value is -0.820. The molecule has 128 valence electrons. The van der Waals surface area contributed by atoms with Gasteiger partial charge < -0.3 is 15.4 Å². The zero-order chi connectivity index (χ0) is 16.7. The lowest BCUT2D eigenvalue weighted by atomic mass is 10.0. The molecule has 0 aromatic heterocycles. The first-order valence-corrected chi connectivity index (χ1v) is 10.5. The van der Waals surface area contributed by atoms with E-state index in [9.17, 15) is 4.79 Å². The van der Waals surface area contributed by atoms with E-state index in [4.69, 9.17) is 10.5 Å². The molecule has 2 aliphatic rings. The summed E-state index contributed by atoms with van der Waals surface area (Å²) in [5, 5.41) is 0. The van der Waals surface area contributed by atoms with Crippen LogP contribution in [0.25, 0.3) is 0 Å². The van der Waals surface area contributed by atoms with Crippen molar-refractivity contribution in [1.82, 2.24) is 4.90 Å². The number of alkyl halides is 1. The second-order valence-electron chi connectivity index (χ2n) is 6.30. The van der Waals surface area contributed by atoms with Crippen LogP contribution in [-0.2, 0) is 0 Å². The SMILES string of the molecule is CI.NC(=O)c1ccc(OCCCN2CC3CCCC3C2)cc1. The summed E-state index contributed by atoms with van der Waals surface area (Å²) in [7, 11) is 0. The molecule has 2 fully saturated rings. The minimum atomic E-state index is -0.402. The number of primary amides is 1. The molecule has 1 aromatic rings. The van der Waals surface area contributed by atoms with Gasteiger partial charge in [-0.3, -0.25) is 4.79 Å². The number of carbonyl (C=O) groups excluding carboxylic acids is 1. The van der Waals surface area contributed by atoms with Crippen LogP contribution in [0.3, 0.4) is 0 Å². The van der Waals surface area contributed by atoms with Crippen LogP contribution in [0.1, 0.15) is 36.0 Å². The molecule has 1 heterocycles. The molecule has 2 unspecified atom stereocenters. The molecule has 1 aliphatic heterocycles. The predicted octanol–water partition coefficient (Wildman–Crippen LogP) is 3.34. The number of fused-ring (bicyclic) bond motifs is 1. The number of likely N-dealkylation sites (tertiary alicyclic amines) is 1. The van der Waals surface area contributed by atoms with Crippen molar-refractivity contribution in [2.75, 3.05) is 31.2 Å². The summed E-state index contributed by atoms with van der Waals surface area (Å²) >= 11 is 2.15. The lowest BCUT2D eigenvalue weighted by Gasteiger charge is -2.16. The van der Waals surface area contributed by atoms with Gasteiger partial charge in [0.05, 0.1) is 6.61 Å². The van der Waals surface area contributed by atoms with Gasteiger partial charge in [-0.1, -0.05) is 29.0 Å². The number of nitrogens with two attached hydrogens (primary N) is 1. The van der Waals surface area contributed by atoms with Crippen molar-refractivity contribution in [1.29, 1.82) is 0 Å². The fourth-order valence-corrected chi connectivity index (χ4v) is 3.71. The highest BCUT2D eigenvalue weighted by molar-refractivity contribution is 14.1. The standard InChI is InChI=1S/C17H24N2O2.CH3I/c18-17(20)13-5-7-16(8-6-13)21-10-2-9-19-11-14-3-1-4-15(14)12-19;1-2/h5-8,14-15H,1-4,9-12H2,(H2,18,20);1H3. The molecule has 0 radical (unpaired) electrons. The van der Waals surface area contributed by atoms with Gasteiger partial charge in [-0.2, -0.15) is 0 Å². The number of ether oxygens (including phenoxy) is 1. The first kappa shape index (κ1) is 18.5. The molecule has 2 N–H and O–H groups in total. The van der Waals surface area contributed by atoms with Gasteiger partial charge in [-0.05, 0) is 60.3 Å². The number of halogens is 1. The Morgan fingerprint density at radius 2 is 1.83 bits per heavy atom. The molecule has 1 aliphatic carbocycles. The monoisotopic (exact) mass is 430 g/mol. The topological polar surface area (TPSA) is 55.6 Å². The van der Waals surface area contributed by atoms with E-state index in [1.807, 2.05) is 4.93 Å². The van der Waals surface area contributed by atoms with Gasteiger partial charge in [0.15, 0.2) is 0 Å². The first-order valence-electron chi connectivity index (χ1n) is 8.35. The molecule has 0 spiro atoms. The Morgan fingerprint density at radius 1 is 1.22 bits per heavy atom. The largest absolute Gasteiger partial charge is 0.494 e. The molecule has 5 heteroatoms. The van der Waals surface area contributed by atoms with E-state index in [1.165, 1.54) is 32.4 Å². The highest BCUT2D eigenvalue weighted by atomic mass is 127. The Kier molecular flexibility index (Phi) is 7.62. The second-order valence-corrected chi connectivity index (χ2v) is 6.30. The summed E-state index contributed by atoms with van der Waals surface area (Å²) in [5.74, 6) is 2.33. The molecule has 3 rings (SSSR count). The summed E-state index contributed by atoms with van der Waals surface area (Å²) < 4.78 is 5.72. The van der Waals surface area contributed by atoms with Crippen molar-refractivity contribution < 1.29 is 9.53 Å². The van der Waals surface area contributed by atoms with Crippen LogP contribution in [-0.4, -0.2) is 42.0 Å². The van der Waals surface area contributed by atoms with E-state index in [0.29, 0.717) is 5.56 Å². The van der Waals surface area contributed by atoms with E-state index in [1.54, 1.807) is 24.3 Å². The minimum Gasteiger partial charge on any atom is -0.494 e. The van der Waals surface area contributed by atoms with Crippen LogP contribution >= 0.6 is 22.6 Å². The Morgan fingerprint density at radius 3 is 2.39 bits per heavy atom. The molecule has 4 nitrogen and oxygen atoms in total. The predicted molar refractivity (Wildman–Crippen MR) is 102 cm³/mol. The zero-order valence-corrected chi connectivity index (χ0v) is 16.0. The molecular formula is C18H27IN2O2. The van der Waals surface area contributed by atoms with Crippen LogP contribution < -0.4 is 10.5 Å². The van der Waals surface area contributed by atoms with Gasteiger partial charge in [-0.25, -0.2) is 0 Å².